The van der Waals surface area contributed by atoms with Crippen molar-refractivity contribution >= 4 is 9.84 Å². The largest absolute Gasteiger partial charge is 0.316 e. The van der Waals surface area contributed by atoms with E-state index in [-0.39, 0.29) is 5.92 Å². The van der Waals surface area contributed by atoms with Crippen LogP contribution in [0.25, 0.3) is 0 Å². The van der Waals surface area contributed by atoms with Crippen LogP contribution in [0.1, 0.15) is 36.8 Å². The van der Waals surface area contributed by atoms with Crippen molar-refractivity contribution in [3.05, 3.63) is 35.4 Å². The summed E-state index contributed by atoms with van der Waals surface area (Å²) in [5.74, 6) is 1.26. The van der Waals surface area contributed by atoms with Crippen molar-refractivity contribution in [3.8, 4) is 0 Å². The Bertz CT molecular complexity index is 522. The first-order valence-electron chi connectivity index (χ1n) is 7.49. The molecule has 1 aromatic carbocycles. The van der Waals surface area contributed by atoms with Crippen LogP contribution in [0.15, 0.2) is 24.3 Å². The quantitative estimate of drug-likeness (QED) is 0.820. The van der Waals surface area contributed by atoms with Crippen molar-refractivity contribution in [1.82, 2.24) is 5.32 Å². The van der Waals surface area contributed by atoms with Gasteiger partial charge in [-0.2, -0.15) is 0 Å². The van der Waals surface area contributed by atoms with Gasteiger partial charge in [0.15, 0.2) is 9.84 Å². The lowest BCUT2D eigenvalue weighted by Crippen LogP contribution is -2.28. The Labute approximate surface area is 122 Å². The second-order valence-corrected chi connectivity index (χ2v) is 8.11. The number of sulfone groups is 1. The molecule has 2 unspecified atom stereocenters. The molecule has 0 aromatic heterocycles. The zero-order valence-electron chi connectivity index (χ0n) is 12.4. The van der Waals surface area contributed by atoms with Crippen LogP contribution in [0.5, 0.6) is 0 Å². The van der Waals surface area contributed by atoms with Gasteiger partial charge >= 0.3 is 0 Å². The van der Waals surface area contributed by atoms with Gasteiger partial charge in [0.2, 0.25) is 0 Å². The standard InChI is InChI=1S/C16H25NO2S/c1-3-9-17-11-16(14-6-4-13(2)5-7-14)15-8-10-20(18,19)12-15/h4-7,15-17H,3,8-12H2,1-2H3. The third-order valence-electron chi connectivity index (χ3n) is 4.13. The molecule has 2 rings (SSSR count). The average molecular weight is 295 g/mol. The average Bonchev–Trinajstić information content (AvgIpc) is 2.76. The van der Waals surface area contributed by atoms with Gasteiger partial charge in [-0.3, -0.25) is 0 Å². The van der Waals surface area contributed by atoms with Crippen LogP contribution in [0, 0.1) is 12.8 Å². The molecule has 0 radical (unpaired) electrons. The lowest BCUT2D eigenvalue weighted by molar-refractivity contribution is 0.438. The zero-order chi connectivity index (χ0) is 14.6. The Hall–Kier alpha value is -0.870. The second-order valence-electron chi connectivity index (χ2n) is 5.88. The summed E-state index contributed by atoms with van der Waals surface area (Å²) in [7, 11) is -2.82. The molecule has 1 aliphatic heterocycles. The van der Waals surface area contributed by atoms with E-state index in [4.69, 9.17) is 0 Å². The molecule has 20 heavy (non-hydrogen) atoms. The zero-order valence-corrected chi connectivity index (χ0v) is 13.2. The van der Waals surface area contributed by atoms with Gasteiger partial charge in [-0.15, -0.1) is 0 Å². The predicted octanol–water partition coefficient (Wildman–Crippen LogP) is 2.51. The molecule has 1 aromatic rings. The summed E-state index contributed by atoms with van der Waals surface area (Å²) < 4.78 is 23.5. The van der Waals surface area contributed by atoms with Crippen molar-refractivity contribution in [3.63, 3.8) is 0 Å². The van der Waals surface area contributed by atoms with Gasteiger partial charge in [0.25, 0.3) is 0 Å². The van der Waals surface area contributed by atoms with Crippen molar-refractivity contribution < 1.29 is 8.42 Å². The first kappa shape index (κ1) is 15.5. The minimum atomic E-state index is -2.82. The molecule has 3 nitrogen and oxygen atoms in total. The van der Waals surface area contributed by atoms with Crippen LogP contribution in [0.4, 0.5) is 0 Å². The summed E-state index contributed by atoms with van der Waals surface area (Å²) in [6.07, 6.45) is 1.90. The highest BCUT2D eigenvalue weighted by Crippen LogP contribution is 2.33. The van der Waals surface area contributed by atoms with E-state index in [9.17, 15) is 8.42 Å². The maximum atomic E-state index is 11.7. The molecule has 1 heterocycles. The van der Waals surface area contributed by atoms with Gasteiger partial charge in [-0.05, 0) is 37.8 Å². The highest BCUT2D eigenvalue weighted by molar-refractivity contribution is 7.91. The van der Waals surface area contributed by atoms with E-state index in [0.717, 1.165) is 25.9 Å². The van der Waals surface area contributed by atoms with Gasteiger partial charge in [0.1, 0.15) is 0 Å². The fraction of sp³-hybridized carbons (Fsp3) is 0.625. The summed E-state index contributed by atoms with van der Waals surface area (Å²) in [5, 5.41) is 3.46. The van der Waals surface area contributed by atoms with Crippen molar-refractivity contribution in [2.24, 2.45) is 5.92 Å². The van der Waals surface area contributed by atoms with Crippen molar-refractivity contribution in [1.29, 1.82) is 0 Å². The molecule has 0 saturated carbocycles. The molecule has 1 aliphatic rings. The maximum absolute atomic E-state index is 11.7. The number of benzene rings is 1. The van der Waals surface area contributed by atoms with E-state index < -0.39 is 9.84 Å². The Morgan fingerprint density at radius 3 is 2.55 bits per heavy atom. The van der Waals surface area contributed by atoms with Crippen molar-refractivity contribution in [2.45, 2.75) is 32.6 Å². The lowest BCUT2D eigenvalue weighted by Gasteiger charge is -2.23. The molecule has 0 aliphatic carbocycles. The Kier molecular flexibility index (Phi) is 5.22. The molecule has 112 valence electrons. The Morgan fingerprint density at radius 1 is 1.30 bits per heavy atom. The SMILES string of the molecule is CCCNCC(c1ccc(C)cc1)C1CCS(=O)(=O)C1. The third kappa shape index (κ3) is 4.06. The highest BCUT2D eigenvalue weighted by atomic mass is 32.2. The topological polar surface area (TPSA) is 46.2 Å². The van der Waals surface area contributed by atoms with Gasteiger partial charge in [0.05, 0.1) is 11.5 Å². The van der Waals surface area contributed by atoms with Crippen LogP contribution in [-0.2, 0) is 9.84 Å². The van der Waals surface area contributed by atoms with Crippen LogP contribution >= 0.6 is 0 Å². The Morgan fingerprint density at radius 2 is 2.00 bits per heavy atom. The Balaban J connectivity index is 2.14. The van der Waals surface area contributed by atoms with E-state index in [1.807, 2.05) is 0 Å². The summed E-state index contributed by atoms with van der Waals surface area (Å²) in [4.78, 5) is 0. The predicted molar refractivity (Wildman–Crippen MR) is 83.8 cm³/mol. The van der Waals surface area contributed by atoms with Crippen LogP contribution < -0.4 is 5.32 Å². The van der Waals surface area contributed by atoms with Gasteiger partial charge < -0.3 is 5.32 Å². The lowest BCUT2D eigenvalue weighted by atomic mass is 9.85. The molecular weight excluding hydrogens is 270 g/mol. The molecular formula is C16H25NO2S. The fourth-order valence-corrected chi connectivity index (χ4v) is 4.83. The smallest absolute Gasteiger partial charge is 0.150 e. The van der Waals surface area contributed by atoms with E-state index >= 15 is 0 Å². The monoisotopic (exact) mass is 295 g/mol. The summed E-state index contributed by atoms with van der Waals surface area (Å²) in [5.41, 5.74) is 2.51. The number of hydrogen-bond donors (Lipinski definition) is 1. The van der Waals surface area contributed by atoms with E-state index in [0.29, 0.717) is 17.4 Å². The molecule has 2 atom stereocenters. The van der Waals surface area contributed by atoms with Gasteiger partial charge in [-0.25, -0.2) is 8.42 Å². The number of nitrogens with one attached hydrogen (secondary N) is 1. The molecule has 0 bridgehead atoms. The van der Waals surface area contributed by atoms with Crippen LogP contribution in [0.2, 0.25) is 0 Å². The van der Waals surface area contributed by atoms with Crippen LogP contribution in [0.3, 0.4) is 0 Å². The number of rotatable bonds is 6. The summed E-state index contributed by atoms with van der Waals surface area (Å²) in [6, 6.07) is 8.54. The molecule has 0 amide bonds. The minimum Gasteiger partial charge on any atom is -0.316 e. The molecule has 1 fully saturated rings. The molecule has 4 heteroatoms. The number of hydrogen-bond acceptors (Lipinski definition) is 3. The highest BCUT2D eigenvalue weighted by Gasteiger charge is 2.34. The molecule has 0 spiro atoms. The van der Waals surface area contributed by atoms with Gasteiger partial charge in [-0.1, -0.05) is 36.8 Å². The third-order valence-corrected chi connectivity index (χ3v) is 5.93. The van der Waals surface area contributed by atoms with Gasteiger partial charge in [0, 0.05) is 12.5 Å². The minimum absolute atomic E-state index is 0.257. The molecule has 1 saturated heterocycles. The van der Waals surface area contributed by atoms with Crippen LogP contribution in [-0.4, -0.2) is 33.0 Å². The fourth-order valence-electron chi connectivity index (χ4n) is 2.95. The first-order valence-corrected chi connectivity index (χ1v) is 9.31. The summed E-state index contributed by atoms with van der Waals surface area (Å²) >= 11 is 0. The normalized spacial score (nSPS) is 22.8. The van der Waals surface area contributed by atoms with Crippen molar-refractivity contribution in [2.75, 3.05) is 24.6 Å². The first-order chi connectivity index (χ1) is 9.52. The number of aryl methyl sites for hydroxylation is 1. The van der Waals surface area contributed by atoms with E-state index in [2.05, 4.69) is 43.4 Å². The maximum Gasteiger partial charge on any atom is 0.150 e. The second kappa shape index (κ2) is 6.72. The van der Waals surface area contributed by atoms with E-state index in [1.54, 1.807) is 0 Å². The molecule has 1 N–H and O–H groups in total. The summed E-state index contributed by atoms with van der Waals surface area (Å²) in [6.45, 7) is 6.08. The van der Waals surface area contributed by atoms with E-state index in [1.165, 1.54) is 11.1 Å².